The van der Waals surface area contributed by atoms with Crippen LogP contribution in [0.4, 0.5) is 0 Å². The molecule has 6 heteroatoms. The zero-order chi connectivity index (χ0) is 37.5. The highest BCUT2D eigenvalue weighted by Crippen LogP contribution is 2.39. The number of fused-ring (bicyclic) bond motifs is 9. The largest absolute Gasteiger partial charge is 0.456 e. The van der Waals surface area contributed by atoms with Crippen LogP contribution in [0.5, 0.6) is 0 Å². The molecule has 12 rings (SSSR count). The van der Waals surface area contributed by atoms with Gasteiger partial charge in [0.05, 0.1) is 22.1 Å². The molecule has 6 nitrogen and oxygen atoms in total. The van der Waals surface area contributed by atoms with Crippen LogP contribution >= 0.6 is 0 Å². The molecule has 4 heterocycles. The summed E-state index contributed by atoms with van der Waals surface area (Å²) in [6.45, 7) is 0. The Labute approximate surface area is 326 Å². The smallest absolute Gasteiger partial charge is 0.164 e. The van der Waals surface area contributed by atoms with E-state index in [1.807, 2.05) is 54.6 Å². The maximum atomic E-state index is 6.28. The van der Waals surface area contributed by atoms with Crippen molar-refractivity contribution in [3.05, 3.63) is 188 Å². The van der Waals surface area contributed by atoms with E-state index >= 15 is 0 Å². The van der Waals surface area contributed by atoms with Gasteiger partial charge in [-0.25, -0.2) is 15.0 Å². The molecule has 0 bridgehead atoms. The Morgan fingerprint density at radius 1 is 0.298 bits per heavy atom. The molecule has 0 atom stereocenters. The standard InChI is InChI=1S/C51H31N5O/c1-3-13-32(14-4-1)49-52-50(54-51(53-49)34-24-27-42-41-19-9-12-22-47(41)57-48(42)30-34)33-23-26-39-37-17-8-11-21-44(37)56(45(39)29-33)36-25-28-40-38-18-7-10-20-43(38)55(46(40)31-36)35-15-5-2-6-16-35/h1-31H. The highest BCUT2D eigenvalue weighted by molar-refractivity contribution is 6.12. The first kappa shape index (κ1) is 31.5. The Morgan fingerprint density at radius 3 is 1.47 bits per heavy atom. The van der Waals surface area contributed by atoms with Gasteiger partial charge in [0.2, 0.25) is 0 Å². The van der Waals surface area contributed by atoms with Crippen LogP contribution in [0.1, 0.15) is 0 Å². The first-order valence-corrected chi connectivity index (χ1v) is 19.1. The third kappa shape index (κ3) is 4.94. The van der Waals surface area contributed by atoms with Crippen LogP contribution < -0.4 is 0 Å². The van der Waals surface area contributed by atoms with Crippen molar-refractivity contribution in [2.45, 2.75) is 0 Å². The average Bonchev–Trinajstić information content (AvgIpc) is 3.93. The van der Waals surface area contributed by atoms with Gasteiger partial charge in [0, 0.05) is 60.4 Å². The highest BCUT2D eigenvalue weighted by Gasteiger charge is 2.19. The van der Waals surface area contributed by atoms with E-state index in [1.54, 1.807) is 0 Å². The lowest BCUT2D eigenvalue weighted by atomic mass is 10.1. The number of hydrogen-bond acceptors (Lipinski definition) is 4. The van der Waals surface area contributed by atoms with Crippen LogP contribution in [0.15, 0.2) is 192 Å². The molecule has 0 radical (unpaired) electrons. The van der Waals surface area contributed by atoms with Gasteiger partial charge in [-0.1, -0.05) is 127 Å². The number of hydrogen-bond donors (Lipinski definition) is 0. The summed E-state index contributed by atoms with van der Waals surface area (Å²) in [6, 6.07) is 65.7. The van der Waals surface area contributed by atoms with Crippen molar-refractivity contribution in [2.24, 2.45) is 0 Å². The Kier molecular flexibility index (Phi) is 6.83. The molecule has 0 spiro atoms. The maximum Gasteiger partial charge on any atom is 0.164 e. The van der Waals surface area contributed by atoms with Gasteiger partial charge in [-0.3, -0.25) is 0 Å². The second-order valence-corrected chi connectivity index (χ2v) is 14.5. The van der Waals surface area contributed by atoms with E-state index in [0.717, 1.165) is 71.9 Å². The molecule has 0 fully saturated rings. The van der Waals surface area contributed by atoms with Crippen LogP contribution in [0, 0.1) is 0 Å². The number of rotatable bonds is 5. The minimum atomic E-state index is 0.584. The van der Waals surface area contributed by atoms with Crippen LogP contribution in [-0.2, 0) is 0 Å². The van der Waals surface area contributed by atoms with Crippen LogP contribution in [0.2, 0.25) is 0 Å². The zero-order valence-corrected chi connectivity index (χ0v) is 30.5. The van der Waals surface area contributed by atoms with Crippen LogP contribution in [0.3, 0.4) is 0 Å². The highest BCUT2D eigenvalue weighted by atomic mass is 16.3. The first-order chi connectivity index (χ1) is 28.2. The molecule has 8 aromatic carbocycles. The van der Waals surface area contributed by atoms with E-state index in [-0.39, 0.29) is 0 Å². The zero-order valence-electron chi connectivity index (χ0n) is 30.5. The van der Waals surface area contributed by atoms with E-state index in [9.17, 15) is 0 Å². The van der Waals surface area contributed by atoms with Crippen molar-refractivity contribution < 1.29 is 4.42 Å². The number of furan rings is 1. The van der Waals surface area contributed by atoms with Gasteiger partial charge in [-0.05, 0) is 60.7 Å². The van der Waals surface area contributed by atoms with Gasteiger partial charge in [0.15, 0.2) is 17.5 Å². The lowest BCUT2D eigenvalue weighted by molar-refractivity contribution is 0.669. The number of aromatic nitrogens is 5. The van der Waals surface area contributed by atoms with E-state index < -0.39 is 0 Å². The summed E-state index contributed by atoms with van der Waals surface area (Å²) in [5, 5.41) is 6.93. The molecule has 0 aliphatic heterocycles. The minimum absolute atomic E-state index is 0.584. The van der Waals surface area contributed by atoms with E-state index in [4.69, 9.17) is 19.4 Å². The summed E-state index contributed by atoms with van der Waals surface area (Å²) in [4.78, 5) is 15.3. The summed E-state index contributed by atoms with van der Waals surface area (Å²) in [5.74, 6) is 1.79. The van der Waals surface area contributed by atoms with Crippen molar-refractivity contribution in [2.75, 3.05) is 0 Å². The fourth-order valence-electron chi connectivity index (χ4n) is 8.56. The average molecular weight is 730 g/mol. The Morgan fingerprint density at radius 2 is 0.772 bits per heavy atom. The third-order valence-corrected chi connectivity index (χ3v) is 11.2. The van der Waals surface area contributed by atoms with Gasteiger partial charge < -0.3 is 13.6 Å². The Bertz CT molecular complexity index is 3520. The normalized spacial score (nSPS) is 11.9. The molecule has 12 aromatic rings. The summed E-state index contributed by atoms with van der Waals surface area (Å²) in [7, 11) is 0. The van der Waals surface area contributed by atoms with Crippen LogP contribution in [0.25, 0.3) is 111 Å². The monoisotopic (exact) mass is 729 g/mol. The summed E-state index contributed by atoms with van der Waals surface area (Å²) >= 11 is 0. The molecule has 0 N–H and O–H groups in total. The van der Waals surface area contributed by atoms with Gasteiger partial charge in [0.25, 0.3) is 0 Å². The van der Waals surface area contributed by atoms with E-state index in [1.165, 1.54) is 21.7 Å². The van der Waals surface area contributed by atoms with Gasteiger partial charge in [0.1, 0.15) is 11.2 Å². The molecule has 0 aliphatic rings. The van der Waals surface area contributed by atoms with Crippen molar-refractivity contribution in [3.8, 4) is 45.5 Å². The van der Waals surface area contributed by atoms with Gasteiger partial charge in [-0.15, -0.1) is 0 Å². The quantitative estimate of drug-likeness (QED) is 0.177. The first-order valence-electron chi connectivity index (χ1n) is 19.1. The number of benzene rings is 8. The SMILES string of the molecule is c1ccc(-c2nc(-c3ccc4c(c3)oc3ccccc34)nc(-c3ccc4c5ccccc5n(-c5ccc6c7ccccc7n(-c7ccccc7)c6c5)c4c3)n2)cc1. The lowest BCUT2D eigenvalue weighted by Crippen LogP contribution is -2.00. The second kappa shape index (κ2) is 12.3. The molecule has 0 aliphatic carbocycles. The fourth-order valence-corrected chi connectivity index (χ4v) is 8.56. The van der Waals surface area contributed by atoms with Crippen molar-refractivity contribution >= 4 is 65.6 Å². The fraction of sp³-hybridized carbons (Fsp3) is 0. The molecule has 4 aromatic heterocycles. The number of nitrogens with zero attached hydrogens (tertiary/aromatic N) is 5. The molecule has 0 saturated carbocycles. The number of para-hydroxylation sites is 4. The molecule has 0 saturated heterocycles. The molecule has 266 valence electrons. The Hall–Kier alpha value is -7.83. The molecular weight excluding hydrogens is 699 g/mol. The second-order valence-electron chi connectivity index (χ2n) is 14.5. The predicted molar refractivity (Wildman–Crippen MR) is 232 cm³/mol. The van der Waals surface area contributed by atoms with Gasteiger partial charge in [-0.2, -0.15) is 0 Å². The van der Waals surface area contributed by atoms with E-state index in [0.29, 0.717) is 17.5 Å². The van der Waals surface area contributed by atoms with Crippen molar-refractivity contribution in [1.29, 1.82) is 0 Å². The molecule has 0 unspecified atom stereocenters. The molecule has 0 amide bonds. The maximum absolute atomic E-state index is 6.28. The molecular formula is C51H31N5O. The van der Waals surface area contributed by atoms with Gasteiger partial charge >= 0.3 is 0 Å². The van der Waals surface area contributed by atoms with Crippen molar-refractivity contribution in [3.63, 3.8) is 0 Å². The molecule has 57 heavy (non-hydrogen) atoms. The topological polar surface area (TPSA) is 61.7 Å². The Balaban J connectivity index is 1.07. The summed E-state index contributed by atoms with van der Waals surface area (Å²) in [6.07, 6.45) is 0. The van der Waals surface area contributed by atoms with E-state index in [2.05, 4.69) is 143 Å². The summed E-state index contributed by atoms with van der Waals surface area (Å²) in [5.41, 5.74) is 11.1. The lowest BCUT2D eigenvalue weighted by Gasteiger charge is -2.12. The van der Waals surface area contributed by atoms with Crippen LogP contribution in [-0.4, -0.2) is 24.1 Å². The summed E-state index contributed by atoms with van der Waals surface area (Å²) < 4.78 is 11.0. The third-order valence-electron chi connectivity index (χ3n) is 11.2. The minimum Gasteiger partial charge on any atom is -0.456 e. The van der Waals surface area contributed by atoms with Crippen molar-refractivity contribution in [1.82, 2.24) is 24.1 Å². The predicted octanol–water partition coefficient (Wildman–Crippen LogP) is 13.0.